The van der Waals surface area contributed by atoms with Gasteiger partial charge < -0.3 is 5.11 Å². The highest BCUT2D eigenvalue weighted by atomic mass is 16.3. The van der Waals surface area contributed by atoms with E-state index in [4.69, 9.17) is 5.11 Å². The Morgan fingerprint density at radius 2 is 2.36 bits per heavy atom. The van der Waals surface area contributed by atoms with Gasteiger partial charge in [-0.25, -0.2) is 0 Å². The highest BCUT2D eigenvalue weighted by Gasteiger charge is 2.04. The summed E-state index contributed by atoms with van der Waals surface area (Å²) in [5.74, 6) is 0.343. The first-order valence-corrected chi connectivity index (χ1v) is 3.99. The van der Waals surface area contributed by atoms with Gasteiger partial charge in [-0.2, -0.15) is 0 Å². The summed E-state index contributed by atoms with van der Waals surface area (Å²) < 4.78 is 0. The molecule has 0 radical (unpaired) electrons. The molecule has 0 amide bonds. The van der Waals surface area contributed by atoms with Gasteiger partial charge in [-0.15, -0.1) is 6.58 Å². The fourth-order valence-corrected chi connectivity index (χ4v) is 0.807. The second-order valence-corrected chi connectivity index (χ2v) is 2.61. The molecule has 0 aliphatic carbocycles. The Morgan fingerprint density at radius 3 is 2.73 bits per heavy atom. The minimum absolute atomic E-state index is 0.0884. The van der Waals surface area contributed by atoms with E-state index in [1.807, 2.05) is 6.92 Å². The van der Waals surface area contributed by atoms with Crippen molar-refractivity contribution < 1.29 is 9.90 Å². The topological polar surface area (TPSA) is 37.3 Å². The molecule has 0 aromatic carbocycles. The van der Waals surface area contributed by atoms with Gasteiger partial charge in [-0.05, 0) is 6.42 Å². The van der Waals surface area contributed by atoms with Crippen molar-refractivity contribution in [3.63, 3.8) is 0 Å². The van der Waals surface area contributed by atoms with Gasteiger partial charge in [0, 0.05) is 25.4 Å². The van der Waals surface area contributed by atoms with Crippen LogP contribution in [0.3, 0.4) is 0 Å². The minimum atomic E-state index is 0.0884. The summed E-state index contributed by atoms with van der Waals surface area (Å²) in [5, 5.41) is 8.73. The van der Waals surface area contributed by atoms with Crippen LogP contribution in [0.2, 0.25) is 0 Å². The normalized spacial score (nSPS) is 12.5. The zero-order valence-electron chi connectivity index (χ0n) is 7.05. The highest BCUT2D eigenvalue weighted by Crippen LogP contribution is 2.07. The lowest BCUT2D eigenvalue weighted by Gasteiger charge is -2.06. The van der Waals surface area contributed by atoms with E-state index < -0.39 is 0 Å². The molecule has 0 heterocycles. The molecule has 0 bridgehead atoms. The molecule has 64 valence electrons. The molecule has 11 heavy (non-hydrogen) atoms. The van der Waals surface area contributed by atoms with E-state index in [1.165, 1.54) is 0 Å². The second kappa shape index (κ2) is 6.10. The lowest BCUT2D eigenvalue weighted by Crippen LogP contribution is -2.05. The van der Waals surface area contributed by atoms with Gasteiger partial charge in [0.1, 0.15) is 5.78 Å². The molecule has 0 saturated carbocycles. The third-order valence-electron chi connectivity index (χ3n) is 1.76. The number of ketones is 1. The quantitative estimate of drug-likeness (QED) is 0.592. The van der Waals surface area contributed by atoms with Crippen LogP contribution in [0.15, 0.2) is 12.7 Å². The van der Waals surface area contributed by atoms with Crippen molar-refractivity contribution in [1.29, 1.82) is 0 Å². The van der Waals surface area contributed by atoms with E-state index in [-0.39, 0.29) is 18.3 Å². The van der Waals surface area contributed by atoms with Gasteiger partial charge in [-0.3, -0.25) is 4.79 Å². The Kier molecular flexibility index (Phi) is 5.75. The number of carbonyl (C=O) groups is 1. The van der Waals surface area contributed by atoms with Gasteiger partial charge in [0.2, 0.25) is 0 Å². The number of aliphatic hydroxyl groups is 1. The zero-order valence-corrected chi connectivity index (χ0v) is 7.05. The van der Waals surface area contributed by atoms with E-state index in [9.17, 15) is 4.79 Å². The van der Waals surface area contributed by atoms with Crippen LogP contribution in [-0.2, 0) is 4.79 Å². The molecule has 0 rings (SSSR count). The third kappa shape index (κ3) is 4.73. The van der Waals surface area contributed by atoms with Crippen molar-refractivity contribution >= 4 is 5.78 Å². The molecule has 0 aromatic heterocycles. The van der Waals surface area contributed by atoms with Crippen molar-refractivity contribution in [3.05, 3.63) is 12.7 Å². The molecule has 0 aliphatic rings. The summed E-state index contributed by atoms with van der Waals surface area (Å²) in [6.45, 7) is 5.51. The summed E-state index contributed by atoms with van der Waals surface area (Å²) >= 11 is 0. The van der Waals surface area contributed by atoms with E-state index >= 15 is 0 Å². The molecule has 0 aliphatic heterocycles. The van der Waals surface area contributed by atoms with Crippen LogP contribution in [0.1, 0.15) is 26.2 Å². The number of aliphatic hydroxyl groups excluding tert-OH is 1. The Morgan fingerprint density at radius 1 is 1.73 bits per heavy atom. The van der Waals surface area contributed by atoms with Crippen LogP contribution in [0.4, 0.5) is 0 Å². The van der Waals surface area contributed by atoms with Crippen molar-refractivity contribution in [2.24, 2.45) is 5.92 Å². The maximum absolute atomic E-state index is 10.8. The van der Waals surface area contributed by atoms with E-state index in [0.717, 1.165) is 6.42 Å². The van der Waals surface area contributed by atoms with Crippen molar-refractivity contribution in [3.8, 4) is 0 Å². The summed E-state index contributed by atoms with van der Waals surface area (Å²) in [5.41, 5.74) is 0. The molecule has 2 heteroatoms. The fraction of sp³-hybridized carbons (Fsp3) is 0.667. The van der Waals surface area contributed by atoms with Crippen molar-refractivity contribution in [1.82, 2.24) is 0 Å². The molecule has 1 atom stereocenters. The van der Waals surface area contributed by atoms with Crippen LogP contribution >= 0.6 is 0 Å². The number of hydrogen-bond donors (Lipinski definition) is 1. The van der Waals surface area contributed by atoms with Crippen LogP contribution < -0.4 is 0 Å². The number of rotatable bonds is 6. The van der Waals surface area contributed by atoms with E-state index in [2.05, 4.69) is 6.58 Å². The van der Waals surface area contributed by atoms with E-state index in [0.29, 0.717) is 12.8 Å². The summed E-state index contributed by atoms with van der Waals surface area (Å²) in [6, 6.07) is 0. The Hall–Kier alpha value is -0.630. The fourth-order valence-electron chi connectivity index (χ4n) is 0.807. The Labute approximate surface area is 67.9 Å². The summed E-state index contributed by atoms with van der Waals surface area (Å²) in [4.78, 5) is 10.8. The van der Waals surface area contributed by atoms with Crippen LogP contribution in [0, 0.1) is 5.92 Å². The van der Waals surface area contributed by atoms with Crippen LogP contribution in [0.5, 0.6) is 0 Å². The summed E-state index contributed by atoms with van der Waals surface area (Å²) in [6.07, 6.45) is 3.58. The van der Waals surface area contributed by atoms with Gasteiger partial charge in [0.05, 0.1) is 0 Å². The third-order valence-corrected chi connectivity index (χ3v) is 1.76. The predicted molar refractivity (Wildman–Crippen MR) is 45.3 cm³/mol. The predicted octanol–water partition coefficient (Wildman–Crippen LogP) is 1.54. The molecular formula is C9H16O2. The van der Waals surface area contributed by atoms with Gasteiger partial charge in [-0.1, -0.05) is 13.0 Å². The molecule has 1 N–H and O–H groups in total. The first kappa shape index (κ1) is 10.4. The van der Waals surface area contributed by atoms with Crippen molar-refractivity contribution in [2.45, 2.75) is 26.2 Å². The molecule has 1 unspecified atom stereocenters. The average Bonchev–Trinajstić information content (AvgIpc) is 2.06. The molecular weight excluding hydrogens is 140 g/mol. The first-order valence-electron chi connectivity index (χ1n) is 3.99. The lowest BCUT2D eigenvalue weighted by molar-refractivity contribution is -0.119. The molecule has 0 spiro atoms. The standard InChI is InChI=1S/C9H16O2/c1-3-8(7-10)5-6-9(11)4-2/h3,8,10H,1,4-7H2,2H3. The highest BCUT2D eigenvalue weighted by molar-refractivity contribution is 5.77. The van der Waals surface area contributed by atoms with Gasteiger partial charge in [0.25, 0.3) is 0 Å². The lowest BCUT2D eigenvalue weighted by atomic mass is 10.0. The van der Waals surface area contributed by atoms with E-state index in [1.54, 1.807) is 6.08 Å². The van der Waals surface area contributed by atoms with Crippen LogP contribution in [0.25, 0.3) is 0 Å². The average molecular weight is 156 g/mol. The number of Topliss-reactive ketones (excluding diaryl/α,β-unsaturated/α-hetero) is 1. The Bertz CT molecular complexity index is 130. The maximum Gasteiger partial charge on any atom is 0.132 e. The molecule has 0 aromatic rings. The van der Waals surface area contributed by atoms with Gasteiger partial charge >= 0.3 is 0 Å². The first-order chi connectivity index (χ1) is 5.24. The SMILES string of the molecule is C=CC(CO)CCC(=O)CC. The molecule has 0 fully saturated rings. The molecule has 0 saturated heterocycles. The minimum Gasteiger partial charge on any atom is -0.396 e. The van der Waals surface area contributed by atoms with Gasteiger partial charge in [0.15, 0.2) is 0 Å². The summed E-state index contributed by atoms with van der Waals surface area (Å²) in [7, 11) is 0. The maximum atomic E-state index is 10.8. The smallest absolute Gasteiger partial charge is 0.132 e. The molecule has 2 nitrogen and oxygen atoms in total. The monoisotopic (exact) mass is 156 g/mol. The second-order valence-electron chi connectivity index (χ2n) is 2.61. The van der Waals surface area contributed by atoms with Crippen molar-refractivity contribution in [2.75, 3.05) is 6.61 Å². The number of carbonyl (C=O) groups excluding carboxylic acids is 1. The van der Waals surface area contributed by atoms with Crippen LogP contribution in [-0.4, -0.2) is 17.5 Å². The zero-order chi connectivity index (χ0) is 8.69. The largest absolute Gasteiger partial charge is 0.396 e. The Balaban J connectivity index is 3.50. The number of hydrogen-bond acceptors (Lipinski definition) is 2.